The highest BCUT2D eigenvalue weighted by Crippen LogP contribution is 2.29. The Morgan fingerprint density at radius 2 is 2.19 bits per heavy atom. The average molecular weight is 240 g/mol. The smallest absolute Gasteiger partial charge is 0.147 e. The van der Waals surface area contributed by atoms with Gasteiger partial charge in [-0.25, -0.2) is 4.98 Å². The molecule has 2 rings (SSSR count). The van der Waals surface area contributed by atoms with Crippen molar-refractivity contribution in [2.24, 2.45) is 0 Å². The fourth-order valence-electron chi connectivity index (χ4n) is 1.97. The van der Waals surface area contributed by atoms with E-state index in [1.165, 1.54) is 0 Å². The molecule has 88 valence electrons. The van der Waals surface area contributed by atoms with Gasteiger partial charge in [-0.2, -0.15) is 0 Å². The van der Waals surface area contributed by atoms with Crippen molar-refractivity contribution in [3.05, 3.63) is 22.8 Å². The summed E-state index contributed by atoms with van der Waals surface area (Å²) in [6.07, 6.45) is 1.82. The van der Waals surface area contributed by atoms with Crippen LogP contribution >= 0.6 is 11.6 Å². The Labute approximate surface area is 102 Å². The lowest BCUT2D eigenvalue weighted by Crippen LogP contribution is -2.59. The Kier molecular flexibility index (Phi) is 3.36. The molecule has 1 aromatic heterocycles. The van der Waals surface area contributed by atoms with Gasteiger partial charge >= 0.3 is 0 Å². The molecule has 1 saturated heterocycles. The van der Waals surface area contributed by atoms with E-state index in [9.17, 15) is 0 Å². The second kappa shape index (κ2) is 4.60. The van der Waals surface area contributed by atoms with Crippen LogP contribution in [0.4, 0.5) is 5.82 Å². The minimum absolute atomic E-state index is 0.535. The van der Waals surface area contributed by atoms with E-state index in [1.54, 1.807) is 0 Å². The number of aromatic nitrogens is 1. The molecule has 1 aromatic rings. The minimum Gasteiger partial charge on any atom is -0.352 e. The standard InChI is InChI=1S/C12H18ClN3/c1-8(2)15-10-6-16(7-10)12-11(13)9(3)4-5-14-12/h4-5,8,10,15H,6-7H2,1-3H3. The van der Waals surface area contributed by atoms with Crippen LogP contribution in [0.3, 0.4) is 0 Å². The van der Waals surface area contributed by atoms with Gasteiger partial charge in [0, 0.05) is 31.4 Å². The molecule has 3 nitrogen and oxygen atoms in total. The fourth-order valence-corrected chi connectivity index (χ4v) is 2.21. The molecule has 0 amide bonds. The van der Waals surface area contributed by atoms with E-state index in [1.807, 2.05) is 19.2 Å². The third-order valence-corrected chi connectivity index (χ3v) is 3.28. The predicted octanol–water partition coefficient (Wildman–Crippen LogP) is 2.23. The highest BCUT2D eigenvalue weighted by atomic mass is 35.5. The Bertz CT molecular complexity index is 373. The molecule has 4 heteroatoms. The van der Waals surface area contributed by atoms with Crippen LogP contribution in [0.1, 0.15) is 19.4 Å². The minimum atomic E-state index is 0.535. The summed E-state index contributed by atoms with van der Waals surface area (Å²) in [5.74, 6) is 0.920. The summed E-state index contributed by atoms with van der Waals surface area (Å²) < 4.78 is 0. The Morgan fingerprint density at radius 1 is 1.50 bits per heavy atom. The molecule has 0 bridgehead atoms. The van der Waals surface area contributed by atoms with Crippen molar-refractivity contribution in [1.29, 1.82) is 0 Å². The van der Waals surface area contributed by atoms with Crippen molar-refractivity contribution in [3.8, 4) is 0 Å². The Hall–Kier alpha value is -0.800. The first kappa shape index (κ1) is 11.7. The molecule has 1 aliphatic heterocycles. The molecule has 1 fully saturated rings. The van der Waals surface area contributed by atoms with Crippen LogP contribution in [0.5, 0.6) is 0 Å². The maximum absolute atomic E-state index is 6.23. The SMILES string of the molecule is Cc1ccnc(N2CC(NC(C)C)C2)c1Cl. The van der Waals surface area contributed by atoms with Crippen LogP contribution in [0.2, 0.25) is 5.02 Å². The molecular formula is C12H18ClN3. The van der Waals surface area contributed by atoms with Crippen molar-refractivity contribution in [1.82, 2.24) is 10.3 Å². The van der Waals surface area contributed by atoms with Crippen LogP contribution in [0.15, 0.2) is 12.3 Å². The second-order valence-corrected chi connectivity index (χ2v) is 5.07. The molecule has 0 unspecified atom stereocenters. The lowest BCUT2D eigenvalue weighted by Gasteiger charge is -2.42. The van der Waals surface area contributed by atoms with Gasteiger partial charge in [-0.3, -0.25) is 0 Å². The van der Waals surface area contributed by atoms with Crippen molar-refractivity contribution in [2.45, 2.75) is 32.9 Å². The first-order valence-electron chi connectivity index (χ1n) is 5.70. The molecule has 1 N–H and O–H groups in total. The summed E-state index contributed by atoms with van der Waals surface area (Å²) in [7, 11) is 0. The highest BCUT2D eigenvalue weighted by Gasteiger charge is 2.29. The number of nitrogens with zero attached hydrogens (tertiary/aromatic N) is 2. The summed E-state index contributed by atoms with van der Waals surface area (Å²) in [5.41, 5.74) is 1.09. The van der Waals surface area contributed by atoms with Crippen LogP contribution in [-0.2, 0) is 0 Å². The largest absolute Gasteiger partial charge is 0.352 e. The number of halogens is 1. The number of anilines is 1. The number of rotatable bonds is 3. The molecule has 0 saturated carbocycles. The third kappa shape index (κ3) is 2.30. The monoisotopic (exact) mass is 239 g/mol. The van der Waals surface area contributed by atoms with Gasteiger partial charge in [-0.15, -0.1) is 0 Å². The van der Waals surface area contributed by atoms with Gasteiger partial charge in [0.25, 0.3) is 0 Å². The van der Waals surface area contributed by atoms with Crippen LogP contribution in [-0.4, -0.2) is 30.2 Å². The lowest BCUT2D eigenvalue weighted by atomic mass is 10.1. The van der Waals surface area contributed by atoms with Crippen molar-refractivity contribution in [2.75, 3.05) is 18.0 Å². The maximum Gasteiger partial charge on any atom is 0.147 e. The molecule has 0 aliphatic carbocycles. The Balaban J connectivity index is 1.99. The van der Waals surface area contributed by atoms with E-state index in [2.05, 4.69) is 29.0 Å². The van der Waals surface area contributed by atoms with Gasteiger partial charge < -0.3 is 10.2 Å². The Morgan fingerprint density at radius 3 is 2.81 bits per heavy atom. The zero-order chi connectivity index (χ0) is 11.7. The summed E-state index contributed by atoms with van der Waals surface area (Å²) >= 11 is 6.23. The molecular weight excluding hydrogens is 222 g/mol. The topological polar surface area (TPSA) is 28.2 Å². The van der Waals surface area contributed by atoms with Crippen molar-refractivity contribution in [3.63, 3.8) is 0 Å². The number of pyridine rings is 1. The van der Waals surface area contributed by atoms with Gasteiger partial charge in [0.05, 0.1) is 5.02 Å². The zero-order valence-electron chi connectivity index (χ0n) is 10.00. The van der Waals surface area contributed by atoms with E-state index < -0.39 is 0 Å². The van der Waals surface area contributed by atoms with Crippen molar-refractivity contribution < 1.29 is 0 Å². The van der Waals surface area contributed by atoms with Gasteiger partial charge in [0.15, 0.2) is 0 Å². The zero-order valence-corrected chi connectivity index (χ0v) is 10.8. The predicted molar refractivity (Wildman–Crippen MR) is 68.3 cm³/mol. The molecule has 0 atom stereocenters. The third-order valence-electron chi connectivity index (χ3n) is 2.81. The first-order chi connectivity index (χ1) is 7.58. The molecule has 2 heterocycles. The number of nitrogens with one attached hydrogen (secondary N) is 1. The normalized spacial score (nSPS) is 16.7. The number of aryl methyl sites for hydroxylation is 1. The van der Waals surface area contributed by atoms with E-state index >= 15 is 0 Å². The maximum atomic E-state index is 6.23. The van der Waals surface area contributed by atoms with E-state index in [4.69, 9.17) is 11.6 Å². The summed E-state index contributed by atoms with van der Waals surface area (Å²) in [5, 5.41) is 4.28. The van der Waals surface area contributed by atoms with Crippen LogP contribution in [0.25, 0.3) is 0 Å². The average Bonchev–Trinajstić information content (AvgIpc) is 2.16. The first-order valence-corrected chi connectivity index (χ1v) is 6.08. The van der Waals surface area contributed by atoms with Crippen LogP contribution < -0.4 is 10.2 Å². The summed E-state index contributed by atoms with van der Waals surface area (Å²) in [4.78, 5) is 6.56. The van der Waals surface area contributed by atoms with Gasteiger partial charge in [0.1, 0.15) is 5.82 Å². The fraction of sp³-hybridized carbons (Fsp3) is 0.583. The number of hydrogen-bond donors (Lipinski definition) is 1. The number of hydrogen-bond acceptors (Lipinski definition) is 3. The summed E-state index contributed by atoms with van der Waals surface area (Å²) in [6, 6.07) is 3.04. The molecule has 0 aromatic carbocycles. The summed E-state index contributed by atoms with van der Waals surface area (Å²) in [6.45, 7) is 8.33. The molecule has 0 radical (unpaired) electrons. The van der Waals surface area contributed by atoms with Gasteiger partial charge in [-0.05, 0) is 18.6 Å². The van der Waals surface area contributed by atoms with E-state index in [0.717, 1.165) is 29.5 Å². The van der Waals surface area contributed by atoms with Gasteiger partial charge in [0.2, 0.25) is 0 Å². The lowest BCUT2D eigenvalue weighted by molar-refractivity contribution is 0.387. The van der Waals surface area contributed by atoms with Crippen LogP contribution in [0, 0.1) is 6.92 Å². The van der Waals surface area contributed by atoms with Crippen molar-refractivity contribution >= 4 is 17.4 Å². The highest BCUT2D eigenvalue weighted by molar-refractivity contribution is 6.33. The molecule has 1 aliphatic rings. The van der Waals surface area contributed by atoms with E-state index in [-0.39, 0.29) is 0 Å². The quantitative estimate of drug-likeness (QED) is 0.877. The molecule has 16 heavy (non-hydrogen) atoms. The van der Waals surface area contributed by atoms with Gasteiger partial charge in [-0.1, -0.05) is 25.4 Å². The second-order valence-electron chi connectivity index (χ2n) is 4.69. The van der Waals surface area contributed by atoms with E-state index in [0.29, 0.717) is 12.1 Å². The molecule has 0 spiro atoms.